The quantitative estimate of drug-likeness (QED) is 0.588. The van der Waals surface area contributed by atoms with Crippen molar-refractivity contribution in [3.05, 3.63) is 47.0 Å². The maximum atomic E-state index is 12.1. The number of carbonyl (C=O) groups is 2. The van der Waals surface area contributed by atoms with Crippen molar-refractivity contribution in [2.24, 2.45) is 11.8 Å². The number of hydrogen-bond acceptors (Lipinski definition) is 8. The van der Waals surface area contributed by atoms with Gasteiger partial charge in [0.15, 0.2) is 23.0 Å². The molecule has 1 fully saturated rings. The number of hydrogen-bond donors (Lipinski definition) is 2. The van der Waals surface area contributed by atoms with E-state index < -0.39 is 12.2 Å². The Hall–Kier alpha value is -3.42. The molecule has 2 N–H and O–H groups in total. The summed E-state index contributed by atoms with van der Waals surface area (Å²) in [5, 5.41) is 20.5. The summed E-state index contributed by atoms with van der Waals surface area (Å²) in [7, 11) is 3.03. The molecule has 0 unspecified atom stereocenters. The standard InChI is InChI=1S/C28H34O8/c1-15(29)35-22-9-18(17-5-6-24(31)27(12-17)33-3)7-21-8-19-11-25(32)28(34-4)13-20(19)10-23(21)26(14-22)36-16(2)30/h5-6,11-13,18,21-23,26,31-32H,7-10,14H2,1-4H3/t18-,21-,22+,23-,26+/m0/s1. The van der Waals surface area contributed by atoms with Gasteiger partial charge in [0.1, 0.15) is 12.2 Å². The van der Waals surface area contributed by atoms with E-state index in [9.17, 15) is 19.8 Å². The van der Waals surface area contributed by atoms with Gasteiger partial charge in [-0.1, -0.05) is 6.07 Å². The average molecular weight is 499 g/mol. The molecule has 8 heteroatoms. The molecular formula is C28H34O8. The van der Waals surface area contributed by atoms with Gasteiger partial charge in [-0.2, -0.15) is 0 Å². The normalized spacial score (nSPS) is 25.4. The van der Waals surface area contributed by atoms with Gasteiger partial charge in [-0.05, 0) is 78.5 Å². The van der Waals surface area contributed by atoms with Crippen LogP contribution in [0, 0.1) is 11.8 Å². The van der Waals surface area contributed by atoms with Gasteiger partial charge in [-0.3, -0.25) is 9.59 Å². The number of carbonyl (C=O) groups excluding carboxylic acids is 2. The number of aromatic hydroxyl groups is 2. The van der Waals surface area contributed by atoms with Crippen molar-refractivity contribution < 1.29 is 38.7 Å². The molecule has 0 aliphatic heterocycles. The van der Waals surface area contributed by atoms with Crippen molar-refractivity contribution in [1.82, 2.24) is 0 Å². The topological polar surface area (TPSA) is 112 Å². The van der Waals surface area contributed by atoms with Crippen LogP contribution < -0.4 is 9.47 Å². The molecule has 194 valence electrons. The minimum atomic E-state index is -0.437. The second-order valence-corrected chi connectivity index (χ2v) is 9.84. The summed E-state index contributed by atoms with van der Waals surface area (Å²) < 4.78 is 22.2. The average Bonchev–Trinajstić information content (AvgIpc) is 2.81. The minimum absolute atomic E-state index is 0.00415. The van der Waals surface area contributed by atoms with Crippen molar-refractivity contribution in [2.75, 3.05) is 14.2 Å². The highest BCUT2D eigenvalue weighted by molar-refractivity contribution is 5.67. The third-order valence-corrected chi connectivity index (χ3v) is 7.48. The van der Waals surface area contributed by atoms with Gasteiger partial charge in [0, 0.05) is 26.2 Å². The van der Waals surface area contributed by atoms with Crippen LogP contribution in [0.4, 0.5) is 0 Å². The molecule has 2 aromatic carbocycles. The maximum absolute atomic E-state index is 12.1. The molecular weight excluding hydrogens is 464 g/mol. The Labute approximate surface area is 211 Å². The molecule has 0 amide bonds. The lowest BCUT2D eigenvalue weighted by Crippen LogP contribution is -2.42. The third kappa shape index (κ3) is 5.53. The first kappa shape index (κ1) is 25.7. The number of phenolic OH excluding ortho intramolecular Hbond substituents is 2. The van der Waals surface area contributed by atoms with E-state index in [1.807, 2.05) is 18.2 Å². The SMILES string of the molecule is COc1cc([C@@H]2C[C@@H](OC(C)=O)C[C@@H](OC(C)=O)[C@H]3Cc4cc(OC)c(O)cc4C[C@@H]3C2)ccc1O. The predicted octanol–water partition coefficient (Wildman–Crippen LogP) is 4.28. The van der Waals surface area contributed by atoms with Gasteiger partial charge in [0.25, 0.3) is 0 Å². The van der Waals surface area contributed by atoms with Crippen molar-refractivity contribution in [2.45, 2.75) is 64.1 Å². The molecule has 0 heterocycles. The fourth-order valence-electron chi connectivity index (χ4n) is 5.95. The monoisotopic (exact) mass is 498 g/mol. The van der Waals surface area contributed by atoms with E-state index in [-0.39, 0.29) is 41.2 Å². The van der Waals surface area contributed by atoms with E-state index in [4.69, 9.17) is 18.9 Å². The Morgan fingerprint density at radius 1 is 0.806 bits per heavy atom. The Balaban J connectivity index is 1.75. The lowest BCUT2D eigenvalue weighted by molar-refractivity contribution is -0.158. The summed E-state index contributed by atoms with van der Waals surface area (Å²) in [6.07, 6.45) is 2.20. The number of phenols is 2. The van der Waals surface area contributed by atoms with Crippen LogP contribution in [-0.4, -0.2) is 48.6 Å². The first-order valence-electron chi connectivity index (χ1n) is 12.3. The number of rotatable bonds is 5. The Bertz CT molecular complexity index is 1130. The first-order valence-corrected chi connectivity index (χ1v) is 12.3. The molecule has 8 nitrogen and oxygen atoms in total. The molecule has 2 aliphatic rings. The molecule has 0 saturated heterocycles. The summed E-state index contributed by atoms with van der Waals surface area (Å²) in [5.74, 6) is 0.383. The van der Waals surface area contributed by atoms with E-state index in [0.29, 0.717) is 37.2 Å². The third-order valence-electron chi connectivity index (χ3n) is 7.48. The Morgan fingerprint density at radius 2 is 1.47 bits per heavy atom. The fourth-order valence-corrected chi connectivity index (χ4v) is 5.95. The van der Waals surface area contributed by atoms with E-state index in [2.05, 4.69) is 0 Å². The second kappa shape index (κ2) is 10.7. The van der Waals surface area contributed by atoms with Crippen molar-refractivity contribution >= 4 is 11.9 Å². The van der Waals surface area contributed by atoms with Gasteiger partial charge in [0.2, 0.25) is 0 Å². The van der Waals surface area contributed by atoms with Crippen molar-refractivity contribution in [3.63, 3.8) is 0 Å². The van der Waals surface area contributed by atoms with Crippen LogP contribution in [0.5, 0.6) is 23.0 Å². The molecule has 4 rings (SSSR count). The molecule has 0 aromatic heterocycles. The highest BCUT2D eigenvalue weighted by Gasteiger charge is 2.42. The molecule has 2 aliphatic carbocycles. The van der Waals surface area contributed by atoms with Crippen LogP contribution in [0.1, 0.15) is 55.7 Å². The molecule has 0 bridgehead atoms. The van der Waals surface area contributed by atoms with E-state index in [1.165, 1.54) is 28.1 Å². The molecule has 2 aromatic rings. The maximum Gasteiger partial charge on any atom is 0.302 e. The molecule has 0 spiro atoms. The molecule has 1 saturated carbocycles. The smallest absolute Gasteiger partial charge is 0.302 e. The van der Waals surface area contributed by atoms with Crippen LogP contribution in [-0.2, 0) is 31.9 Å². The lowest BCUT2D eigenvalue weighted by Gasteiger charge is -2.43. The van der Waals surface area contributed by atoms with E-state index in [0.717, 1.165) is 23.1 Å². The zero-order valence-corrected chi connectivity index (χ0v) is 21.2. The highest BCUT2D eigenvalue weighted by atomic mass is 16.6. The summed E-state index contributed by atoms with van der Waals surface area (Å²) in [6.45, 7) is 2.79. The lowest BCUT2D eigenvalue weighted by atomic mass is 9.66. The van der Waals surface area contributed by atoms with E-state index >= 15 is 0 Å². The Kier molecular flexibility index (Phi) is 7.62. The van der Waals surface area contributed by atoms with Gasteiger partial charge in [-0.25, -0.2) is 0 Å². The number of ether oxygens (including phenoxy) is 4. The van der Waals surface area contributed by atoms with Crippen molar-refractivity contribution in [1.29, 1.82) is 0 Å². The fraction of sp³-hybridized carbons (Fsp3) is 0.500. The minimum Gasteiger partial charge on any atom is -0.504 e. The van der Waals surface area contributed by atoms with Crippen LogP contribution in [0.2, 0.25) is 0 Å². The highest BCUT2D eigenvalue weighted by Crippen LogP contribution is 2.46. The van der Waals surface area contributed by atoms with Crippen LogP contribution in [0.3, 0.4) is 0 Å². The largest absolute Gasteiger partial charge is 0.504 e. The first-order chi connectivity index (χ1) is 17.2. The number of benzene rings is 2. The molecule has 36 heavy (non-hydrogen) atoms. The number of fused-ring (bicyclic) bond motifs is 2. The second-order valence-electron chi connectivity index (χ2n) is 9.84. The summed E-state index contributed by atoms with van der Waals surface area (Å²) >= 11 is 0. The van der Waals surface area contributed by atoms with Crippen LogP contribution >= 0.6 is 0 Å². The number of methoxy groups -OCH3 is 2. The summed E-state index contributed by atoms with van der Waals surface area (Å²) in [6, 6.07) is 8.95. The van der Waals surface area contributed by atoms with Gasteiger partial charge in [-0.15, -0.1) is 0 Å². The zero-order chi connectivity index (χ0) is 26.0. The summed E-state index contributed by atoms with van der Waals surface area (Å²) in [4.78, 5) is 24.0. The number of esters is 2. The van der Waals surface area contributed by atoms with Crippen LogP contribution in [0.25, 0.3) is 0 Å². The van der Waals surface area contributed by atoms with Gasteiger partial charge >= 0.3 is 11.9 Å². The Morgan fingerprint density at radius 3 is 2.14 bits per heavy atom. The van der Waals surface area contributed by atoms with Crippen LogP contribution in [0.15, 0.2) is 30.3 Å². The van der Waals surface area contributed by atoms with E-state index in [1.54, 1.807) is 12.1 Å². The zero-order valence-electron chi connectivity index (χ0n) is 21.2. The van der Waals surface area contributed by atoms with Gasteiger partial charge in [0.05, 0.1) is 14.2 Å². The summed E-state index contributed by atoms with van der Waals surface area (Å²) in [5.41, 5.74) is 3.08. The predicted molar refractivity (Wildman–Crippen MR) is 131 cm³/mol. The van der Waals surface area contributed by atoms with Gasteiger partial charge < -0.3 is 29.2 Å². The van der Waals surface area contributed by atoms with Crippen molar-refractivity contribution in [3.8, 4) is 23.0 Å². The molecule has 0 radical (unpaired) electrons. The molecule has 5 atom stereocenters.